The average Bonchev–Trinajstić information content (AvgIpc) is 2.17. The third-order valence-corrected chi connectivity index (χ3v) is 1.85. The van der Waals surface area contributed by atoms with Crippen LogP contribution in [-0.4, -0.2) is 12.4 Å². The lowest BCUT2D eigenvalue weighted by molar-refractivity contribution is 0.965. The maximum absolute atomic E-state index is 5.48. The highest BCUT2D eigenvalue weighted by atomic mass is 35.5. The highest BCUT2D eigenvalue weighted by Crippen LogP contribution is 2.07. The lowest BCUT2D eigenvalue weighted by Crippen LogP contribution is -2.03. The third kappa shape index (κ3) is 3.10. The maximum atomic E-state index is 5.48. The fraction of sp³-hybridized carbons (Fsp3) is 0.273. The molecule has 0 radical (unpaired) electrons. The van der Waals surface area contributed by atoms with Crippen molar-refractivity contribution in [2.45, 2.75) is 6.42 Å². The maximum Gasteiger partial charge on any atom is 0.0839 e. The van der Waals surface area contributed by atoms with Crippen molar-refractivity contribution in [3.05, 3.63) is 35.4 Å². The molecule has 1 aromatic carbocycles. The molecule has 0 aliphatic rings. The number of nitrogens with two attached hydrogens (primary N) is 1. The Morgan fingerprint density at radius 2 is 2.08 bits per heavy atom. The summed E-state index contributed by atoms with van der Waals surface area (Å²) in [5.74, 6) is 6.22. The molecular formula is C11H12ClN. The van der Waals surface area contributed by atoms with Crippen LogP contribution < -0.4 is 5.73 Å². The van der Waals surface area contributed by atoms with Gasteiger partial charge in [0.15, 0.2) is 0 Å². The van der Waals surface area contributed by atoms with Crippen molar-refractivity contribution < 1.29 is 0 Å². The van der Waals surface area contributed by atoms with Gasteiger partial charge in [0, 0.05) is 5.56 Å². The van der Waals surface area contributed by atoms with E-state index in [1.807, 2.05) is 24.3 Å². The molecule has 0 amide bonds. The monoisotopic (exact) mass is 193 g/mol. The first-order valence-corrected chi connectivity index (χ1v) is 4.74. The van der Waals surface area contributed by atoms with E-state index in [0.717, 1.165) is 12.0 Å². The van der Waals surface area contributed by atoms with Crippen LogP contribution in [0.2, 0.25) is 0 Å². The first kappa shape index (κ1) is 10.1. The van der Waals surface area contributed by atoms with Gasteiger partial charge in [0.05, 0.1) is 5.88 Å². The topological polar surface area (TPSA) is 26.0 Å². The van der Waals surface area contributed by atoms with Gasteiger partial charge in [-0.15, -0.1) is 11.6 Å². The van der Waals surface area contributed by atoms with Gasteiger partial charge in [-0.2, -0.15) is 0 Å². The van der Waals surface area contributed by atoms with Gasteiger partial charge in [-0.1, -0.05) is 30.0 Å². The summed E-state index contributed by atoms with van der Waals surface area (Å²) in [6.07, 6.45) is 0.868. The van der Waals surface area contributed by atoms with Crippen molar-refractivity contribution in [1.82, 2.24) is 0 Å². The molecule has 2 heteroatoms. The number of halogens is 1. The van der Waals surface area contributed by atoms with Gasteiger partial charge in [0.1, 0.15) is 0 Å². The zero-order chi connectivity index (χ0) is 9.52. The minimum absolute atomic E-state index is 0.372. The molecule has 0 aliphatic carbocycles. The lowest BCUT2D eigenvalue weighted by atomic mass is 10.1. The predicted molar refractivity (Wildman–Crippen MR) is 56.8 cm³/mol. The zero-order valence-corrected chi connectivity index (χ0v) is 8.14. The molecule has 0 spiro atoms. The fourth-order valence-corrected chi connectivity index (χ4v) is 1.21. The van der Waals surface area contributed by atoms with E-state index in [1.165, 1.54) is 5.56 Å². The van der Waals surface area contributed by atoms with E-state index < -0.39 is 0 Å². The standard InChI is InChI=1S/C11H12ClN/c12-8-3-6-10-4-1-2-5-11(10)7-9-13/h1-2,4-5H,7-9,13H2. The summed E-state index contributed by atoms with van der Waals surface area (Å²) >= 11 is 5.48. The normalized spacial score (nSPS) is 9.08. The molecule has 0 heterocycles. The quantitative estimate of drug-likeness (QED) is 0.563. The van der Waals surface area contributed by atoms with Crippen molar-refractivity contribution in [3.63, 3.8) is 0 Å². The molecule has 0 saturated carbocycles. The van der Waals surface area contributed by atoms with E-state index >= 15 is 0 Å². The second kappa shape index (κ2) is 5.64. The summed E-state index contributed by atoms with van der Waals surface area (Å²) in [7, 11) is 0. The second-order valence-corrected chi connectivity index (χ2v) is 2.90. The van der Waals surface area contributed by atoms with Crippen LogP contribution in [0.5, 0.6) is 0 Å². The van der Waals surface area contributed by atoms with Crippen molar-refractivity contribution in [2.75, 3.05) is 12.4 Å². The summed E-state index contributed by atoms with van der Waals surface area (Å²) in [5, 5.41) is 0. The van der Waals surface area contributed by atoms with Gasteiger partial charge in [0.25, 0.3) is 0 Å². The van der Waals surface area contributed by atoms with Gasteiger partial charge in [-0.05, 0) is 24.6 Å². The number of alkyl halides is 1. The Kier molecular flexibility index (Phi) is 4.39. The molecule has 0 saturated heterocycles. The molecule has 0 aliphatic heterocycles. The summed E-state index contributed by atoms with van der Waals surface area (Å²) in [5.41, 5.74) is 7.72. The largest absolute Gasteiger partial charge is 0.330 e. The van der Waals surface area contributed by atoms with Crippen molar-refractivity contribution in [2.24, 2.45) is 5.73 Å². The van der Waals surface area contributed by atoms with Crippen molar-refractivity contribution in [1.29, 1.82) is 0 Å². The summed E-state index contributed by atoms with van der Waals surface area (Å²) in [6, 6.07) is 8.00. The Labute approximate surface area is 83.9 Å². The lowest BCUT2D eigenvalue weighted by Gasteiger charge is -2.00. The van der Waals surface area contributed by atoms with Crippen LogP contribution in [0, 0.1) is 11.8 Å². The number of hydrogen-bond donors (Lipinski definition) is 1. The van der Waals surface area contributed by atoms with E-state index in [2.05, 4.69) is 11.8 Å². The summed E-state index contributed by atoms with van der Waals surface area (Å²) in [4.78, 5) is 0. The van der Waals surface area contributed by atoms with E-state index in [4.69, 9.17) is 17.3 Å². The zero-order valence-electron chi connectivity index (χ0n) is 7.39. The SMILES string of the molecule is NCCc1ccccc1C#CCCl. The van der Waals surface area contributed by atoms with Crippen molar-refractivity contribution >= 4 is 11.6 Å². The molecule has 0 atom stereocenters. The van der Waals surface area contributed by atoms with Crippen LogP contribution in [0.25, 0.3) is 0 Å². The fourth-order valence-electron chi connectivity index (χ4n) is 1.14. The molecule has 68 valence electrons. The third-order valence-electron chi connectivity index (χ3n) is 1.72. The predicted octanol–water partition coefficient (Wildman–Crippen LogP) is 1.78. The van der Waals surface area contributed by atoms with Crippen LogP contribution in [0.1, 0.15) is 11.1 Å². The Morgan fingerprint density at radius 1 is 1.31 bits per heavy atom. The number of benzene rings is 1. The molecule has 1 rings (SSSR count). The second-order valence-electron chi connectivity index (χ2n) is 2.63. The molecule has 13 heavy (non-hydrogen) atoms. The van der Waals surface area contributed by atoms with Crippen LogP contribution in [0.3, 0.4) is 0 Å². The first-order chi connectivity index (χ1) is 6.38. The molecule has 1 nitrogen and oxygen atoms in total. The molecule has 0 unspecified atom stereocenters. The van der Waals surface area contributed by atoms with Gasteiger partial charge in [-0.25, -0.2) is 0 Å². The highest BCUT2D eigenvalue weighted by molar-refractivity contribution is 6.19. The Balaban J connectivity index is 2.90. The average molecular weight is 194 g/mol. The van der Waals surface area contributed by atoms with Crippen LogP contribution in [0.4, 0.5) is 0 Å². The smallest absolute Gasteiger partial charge is 0.0839 e. The van der Waals surface area contributed by atoms with E-state index in [-0.39, 0.29) is 0 Å². The van der Waals surface area contributed by atoms with Gasteiger partial charge < -0.3 is 5.73 Å². The molecule has 1 aromatic rings. The number of hydrogen-bond acceptors (Lipinski definition) is 1. The van der Waals surface area contributed by atoms with Crippen molar-refractivity contribution in [3.8, 4) is 11.8 Å². The number of rotatable bonds is 2. The Morgan fingerprint density at radius 3 is 2.77 bits per heavy atom. The van der Waals surface area contributed by atoms with E-state index in [0.29, 0.717) is 12.4 Å². The molecule has 0 bridgehead atoms. The minimum Gasteiger partial charge on any atom is -0.330 e. The van der Waals surface area contributed by atoms with Crippen LogP contribution in [-0.2, 0) is 6.42 Å². The first-order valence-electron chi connectivity index (χ1n) is 4.21. The van der Waals surface area contributed by atoms with Gasteiger partial charge >= 0.3 is 0 Å². The highest BCUT2D eigenvalue weighted by Gasteiger charge is 1.96. The summed E-state index contributed by atoms with van der Waals surface area (Å²) in [6.45, 7) is 0.652. The molecule has 0 aromatic heterocycles. The summed E-state index contributed by atoms with van der Waals surface area (Å²) < 4.78 is 0. The van der Waals surface area contributed by atoms with Crippen LogP contribution >= 0.6 is 11.6 Å². The van der Waals surface area contributed by atoms with Gasteiger partial charge in [0.2, 0.25) is 0 Å². The van der Waals surface area contributed by atoms with Gasteiger partial charge in [-0.3, -0.25) is 0 Å². The minimum atomic E-state index is 0.372. The Hall–Kier alpha value is -0.970. The van der Waals surface area contributed by atoms with E-state index in [9.17, 15) is 0 Å². The van der Waals surface area contributed by atoms with Crippen LogP contribution in [0.15, 0.2) is 24.3 Å². The van der Waals surface area contributed by atoms with E-state index in [1.54, 1.807) is 0 Å². The Bertz CT molecular complexity index is 322. The molecule has 2 N–H and O–H groups in total. The molecular weight excluding hydrogens is 182 g/mol. The molecule has 0 fully saturated rings.